The summed E-state index contributed by atoms with van der Waals surface area (Å²) in [7, 11) is 0. The van der Waals surface area contributed by atoms with Gasteiger partial charge in [-0.25, -0.2) is 17.6 Å². The number of hydrogen-bond acceptors (Lipinski definition) is 2. The average Bonchev–Trinajstić information content (AvgIpc) is 2.86. The summed E-state index contributed by atoms with van der Waals surface area (Å²) in [5.74, 6) is -4.35. The molecular formula is C14H11F7N2O. The summed E-state index contributed by atoms with van der Waals surface area (Å²) in [5, 5.41) is 3.30. The average molecular weight is 356 g/mol. The molecule has 1 heterocycles. The summed E-state index contributed by atoms with van der Waals surface area (Å²) in [6.07, 6.45) is -10.7. The van der Waals surface area contributed by atoms with Crippen LogP contribution in [0.15, 0.2) is 0 Å². The number of halogens is 7. The Morgan fingerprint density at radius 1 is 1.08 bits per heavy atom. The molecule has 0 aliphatic heterocycles. The fraction of sp³-hybridized carbons (Fsp3) is 0.714. The first-order chi connectivity index (χ1) is 10.9. The van der Waals surface area contributed by atoms with Crippen LogP contribution in [0.5, 0.6) is 0 Å². The third-order valence-corrected chi connectivity index (χ3v) is 5.18. The third kappa shape index (κ3) is 1.97. The van der Waals surface area contributed by atoms with Gasteiger partial charge in [0.25, 0.3) is 0 Å². The Balaban J connectivity index is 1.69. The van der Waals surface area contributed by atoms with Crippen molar-refractivity contribution in [3.05, 3.63) is 17.0 Å². The number of Topliss-reactive ketones (excluding diaryl/α,β-unsaturated/α-hetero) is 1. The molecule has 10 heteroatoms. The molecule has 3 aliphatic carbocycles. The zero-order valence-electron chi connectivity index (χ0n) is 12.0. The normalized spacial score (nSPS) is 31.0. The monoisotopic (exact) mass is 356 g/mol. The van der Waals surface area contributed by atoms with Gasteiger partial charge in [-0.2, -0.15) is 18.3 Å². The van der Waals surface area contributed by atoms with Crippen molar-refractivity contribution < 1.29 is 35.5 Å². The standard InChI is InChI=1S/C14H11F7N2O/c15-7-8(16)10(24)6-9(7)23(22-11(6)14(19,20)21)5-1-12(2-5)3-13(17,18)4-12/h5,7-8H,1-4H2. The molecule has 24 heavy (non-hydrogen) atoms. The molecule has 0 N–H and O–H groups in total. The highest BCUT2D eigenvalue weighted by atomic mass is 19.4. The van der Waals surface area contributed by atoms with Crippen molar-refractivity contribution in [2.24, 2.45) is 5.41 Å². The molecule has 0 radical (unpaired) electrons. The van der Waals surface area contributed by atoms with Crippen LogP contribution in [0.3, 0.4) is 0 Å². The second kappa shape index (κ2) is 4.32. The van der Waals surface area contributed by atoms with Gasteiger partial charge < -0.3 is 0 Å². The summed E-state index contributed by atoms with van der Waals surface area (Å²) in [6.45, 7) is 0. The van der Waals surface area contributed by atoms with Gasteiger partial charge in [0.05, 0.1) is 17.3 Å². The summed E-state index contributed by atoms with van der Waals surface area (Å²) in [4.78, 5) is 11.6. The number of fused-ring (bicyclic) bond motifs is 1. The molecular weight excluding hydrogens is 345 g/mol. The van der Waals surface area contributed by atoms with E-state index >= 15 is 0 Å². The number of alkyl halides is 7. The zero-order valence-corrected chi connectivity index (χ0v) is 12.0. The van der Waals surface area contributed by atoms with E-state index in [1.165, 1.54) is 0 Å². The number of nitrogens with zero attached hydrogens (tertiary/aromatic N) is 2. The van der Waals surface area contributed by atoms with Crippen molar-refractivity contribution in [1.29, 1.82) is 0 Å². The van der Waals surface area contributed by atoms with E-state index in [4.69, 9.17) is 0 Å². The molecule has 2 unspecified atom stereocenters. The Morgan fingerprint density at radius 3 is 2.17 bits per heavy atom. The number of carbonyl (C=O) groups is 1. The first-order valence-electron chi connectivity index (χ1n) is 7.34. The maximum Gasteiger partial charge on any atom is 0.435 e. The second-order valence-electron chi connectivity index (χ2n) is 6.99. The molecule has 0 saturated heterocycles. The Kier molecular flexibility index (Phi) is 2.86. The van der Waals surface area contributed by atoms with Gasteiger partial charge in [-0.05, 0) is 18.3 Å². The Hall–Kier alpha value is -1.61. The van der Waals surface area contributed by atoms with Crippen molar-refractivity contribution in [3.63, 3.8) is 0 Å². The van der Waals surface area contributed by atoms with Crippen molar-refractivity contribution >= 4 is 5.78 Å². The highest BCUT2D eigenvalue weighted by molar-refractivity contribution is 6.05. The van der Waals surface area contributed by atoms with Crippen LogP contribution in [-0.4, -0.2) is 27.7 Å². The summed E-state index contributed by atoms with van der Waals surface area (Å²) in [6, 6.07) is -0.734. The lowest BCUT2D eigenvalue weighted by Gasteiger charge is -2.57. The van der Waals surface area contributed by atoms with Gasteiger partial charge in [-0.1, -0.05) is 0 Å². The Labute approximate surface area is 130 Å². The van der Waals surface area contributed by atoms with Gasteiger partial charge >= 0.3 is 6.18 Å². The molecule has 1 aromatic heterocycles. The van der Waals surface area contributed by atoms with Crippen LogP contribution >= 0.6 is 0 Å². The van der Waals surface area contributed by atoms with E-state index in [2.05, 4.69) is 5.10 Å². The van der Waals surface area contributed by atoms with Crippen molar-refractivity contribution in [2.45, 2.75) is 56.2 Å². The Bertz CT molecular complexity index is 722. The third-order valence-electron chi connectivity index (χ3n) is 5.18. The van der Waals surface area contributed by atoms with Gasteiger partial charge in [0.15, 0.2) is 18.0 Å². The van der Waals surface area contributed by atoms with Crippen LogP contribution in [0.4, 0.5) is 30.7 Å². The maximum absolute atomic E-state index is 14.0. The predicted octanol–water partition coefficient (Wildman–Crippen LogP) is 4.20. The lowest BCUT2D eigenvalue weighted by Crippen LogP contribution is -2.54. The van der Waals surface area contributed by atoms with Crippen molar-refractivity contribution in [2.75, 3.05) is 0 Å². The summed E-state index contributed by atoms with van der Waals surface area (Å²) < 4.78 is 93.4. The first kappa shape index (κ1) is 15.9. The van der Waals surface area contributed by atoms with Crippen molar-refractivity contribution in [1.82, 2.24) is 9.78 Å². The van der Waals surface area contributed by atoms with Crippen LogP contribution in [0.2, 0.25) is 0 Å². The Morgan fingerprint density at radius 2 is 1.67 bits per heavy atom. The van der Waals surface area contributed by atoms with E-state index in [1.54, 1.807) is 0 Å². The number of rotatable bonds is 1. The first-order valence-corrected chi connectivity index (χ1v) is 7.34. The molecule has 4 rings (SSSR count). The molecule has 3 nitrogen and oxygen atoms in total. The van der Waals surface area contributed by atoms with Crippen LogP contribution in [0, 0.1) is 5.41 Å². The van der Waals surface area contributed by atoms with E-state index in [0.717, 1.165) is 0 Å². The van der Waals surface area contributed by atoms with E-state index in [9.17, 15) is 35.5 Å². The van der Waals surface area contributed by atoms with Gasteiger partial charge in [-0.15, -0.1) is 0 Å². The van der Waals surface area contributed by atoms with Crippen LogP contribution in [0.25, 0.3) is 0 Å². The van der Waals surface area contributed by atoms with E-state index in [-0.39, 0.29) is 25.7 Å². The topological polar surface area (TPSA) is 34.9 Å². The number of hydrogen-bond donors (Lipinski definition) is 0. The quantitative estimate of drug-likeness (QED) is 0.707. The van der Waals surface area contributed by atoms with E-state index in [0.29, 0.717) is 4.68 Å². The molecule has 0 bridgehead atoms. The molecule has 3 aliphatic rings. The predicted molar refractivity (Wildman–Crippen MR) is 65.2 cm³/mol. The highest BCUT2D eigenvalue weighted by Gasteiger charge is 2.63. The van der Waals surface area contributed by atoms with Gasteiger partial charge in [0.2, 0.25) is 11.7 Å². The van der Waals surface area contributed by atoms with Crippen LogP contribution < -0.4 is 0 Å². The zero-order chi connectivity index (χ0) is 17.7. The smallest absolute Gasteiger partial charge is 0.291 e. The molecule has 132 valence electrons. The minimum atomic E-state index is -5.03. The lowest BCUT2D eigenvalue weighted by molar-refractivity contribution is -0.205. The molecule has 2 fully saturated rings. The number of aromatic nitrogens is 2. The van der Waals surface area contributed by atoms with Gasteiger partial charge in [0, 0.05) is 12.8 Å². The summed E-state index contributed by atoms with van der Waals surface area (Å²) >= 11 is 0. The molecule has 0 aromatic carbocycles. The van der Waals surface area contributed by atoms with Gasteiger partial charge in [-0.3, -0.25) is 9.48 Å². The molecule has 1 spiro atoms. The fourth-order valence-electron chi connectivity index (χ4n) is 4.29. The lowest BCUT2D eigenvalue weighted by atomic mass is 9.52. The van der Waals surface area contributed by atoms with Crippen LogP contribution in [-0.2, 0) is 6.18 Å². The molecule has 2 saturated carbocycles. The molecule has 1 aromatic rings. The minimum absolute atomic E-state index is 0.117. The number of ketones is 1. The summed E-state index contributed by atoms with van der Waals surface area (Å²) in [5.41, 5.74) is -4.06. The second-order valence-corrected chi connectivity index (χ2v) is 6.99. The van der Waals surface area contributed by atoms with Gasteiger partial charge in [0.1, 0.15) is 0 Å². The molecule has 2 atom stereocenters. The largest absolute Gasteiger partial charge is 0.435 e. The minimum Gasteiger partial charge on any atom is -0.291 e. The van der Waals surface area contributed by atoms with E-state index < -0.39 is 58.6 Å². The number of carbonyl (C=O) groups excluding carboxylic acids is 1. The van der Waals surface area contributed by atoms with Crippen molar-refractivity contribution in [3.8, 4) is 0 Å². The van der Waals surface area contributed by atoms with E-state index in [1.807, 2.05) is 0 Å². The maximum atomic E-state index is 14.0. The fourth-order valence-corrected chi connectivity index (χ4v) is 4.29. The SMILES string of the molecule is O=C1c2c(C(F)(F)F)nn(C3CC4(C3)CC(F)(F)C4)c2C(F)C1F. The van der Waals surface area contributed by atoms with Crippen LogP contribution in [0.1, 0.15) is 59.6 Å². The highest BCUT2D eigenvalue weighted by Crippen LogP contribution is 2.66. The molecule has 0 amide bonds.